The minimum Gasteiger partial charge on any atom is -0.457 e. The Morgan fingerprint density at radius 3 is 2.15 bits per heavy atom. The van der Waals surface area contributed by atoms with E-state index >= 15 is 0 Å². The number of hydrogen-bond donors (Lipinski definition) is 0. The minimum atomic E-state index is -5.64. The Balaban J connectivity index is 3.02. The topological polar surface area (TPSA) is 9.23 Å². The molecule has 0 unspecified atom stereocenters. The maximum atomic E-state index is 14.2. The summed E-state index contributed by atoms with van der Waals surface area (Å²) in [5.41, 5.74) is -6.78. The van der Waals surface area contributed by atoms with Crippen molar-refractivity contribution in [1.82, 2.24) is 0 Å². The van der Waals surface area contributed by atoms with E-state index in [9.17, 15) is 26.3 Å². The lowest BCUT2D eigenvalue weighted by Gasteiger charge is -2.44. The maximum Gasteiger partial charge on any atom is 0.411 e. The molecule has 0 N–H and O–H groups in total. The average Bonchev–Trinajstić information content (AvgIpc) is 2.49. The number of hydrogen-bond acceptors (Lipinski definition) is 1. The van der Waals surface area contributed by atoms with Gasteiger partial charge in [0.2, 0.25) is 5.41 Å². The summed E-state index contributed by atoms with van der Waals surface area (Å²) >= 11 is 0. The van der Waals surface area contributed by atoms with Crippen LogP contribution in [0.25, 0.3) is 0 Å². The van der Waals surface area contributed by atoms with Crippen LogP contribution in [0.15, 0.2) is 71.8 Å². The van der Waals surface area contributed by atoms with E-state index in [0.717, 1.165) is 31.2 Å². The molecule has 0 bridgehead atoms. The highest BCUT2D eigenvalue weighted by Crippen LogP contribution is 2.64. The fourth-order valence-electron chi connectivity index (χ4n) is 3.28. The first kappa shape index (κ1) is 21.1. The van der Waals surface area contributed by atoms with Gasteiger partial charge in [-0.05, 0) is 30.9 Å². The van der Waals surface area contributed by atoms with Crippen LogP contribution < -0.4 is 0 Å². The molecule has 1 nitrogen and oxygen atoms in total. The van der Waals surface area contributed by atoms with Crippen LogP contribution in [0.2, 0.25) is 0 Å². The third-order valence-corrected chi connectivity index (χ3v) is 4.58. The van der Waals surface area contributed by atoms with Gasteiger partial charge < -0.3 is 4.74 Å². The largest absolute Gasteiger partial charge is 0.457 e. The lowest BCUT2D eigenvalue weighted by atomic mass is 9.68. The van der Waals surface area contributed by atoms with Crippen LogP contribution >= 0.6 is 0 Å². The van der Waals surface area contributed by atoms with Gasteiger partial charge in [-0.15, -0.1) is 0 Å². The summed E-state index contributed by atoms with van der Waals surface area (Å²) in [7, 11) is 0. The molecule has 0 amide bonds. The van der Waals surface area contributed by atoms with Crippen molar-refractivity contribution in [2.75, 3.05) is 0 Å². The normalized spacial score (nSPS) is 27.4. The lowest BCUT2D eigenvalue weighted by molar-refractivity contribution is -0.312. The second kappa shape index (κ2) is 6.77. The van der Waals surface area contributed by atoms with Crippen LogP contribution in [0, 0.1) is 10.8 Å². The van der Waals surface area contributed by atoms with E-state index in [1.165, 1.54) is 18.2 Å². The van der Waals surface area contributed by atoms with Crippen LogP contribution in [0.5, 0.6) is 0 Å². The van der Waals surface area contributed by atoms with Crippen LogP contribution in [0.3, 0.4) is 0 Å². The zero-order valence-corrected chi connectivity index (χ0v) is 15.1. The van der Waals surface area contributed by atoms with Crippen molar-refractivity contribution >= 4 is 0 Å². The predicted molar refractivity (Wildman–Crippen MR) is 91.4 cm³/mol. The van der Waals surface area contributed by atoms with Crippen LogP contribution in [0.1, 0.15) is 27.2 Å². The fraction of sp³-hybridized carbons (Fsp3) is 0.400. The molecule has 148 valence electrons. The van der Waals surface area contributed by atoms with Gasteiger partial charge in [-0.25, -0.2) is 0 Å². The first-order valence-electron chi connectivity index (χ1n) is 8.23. The van der Waals surface area contributed by atoms with Gasteiger partial charge in [0, 0.05) is 11.1 Å². The summed E-state index contributed by atoms with van der Waals surface area (Å²) in [4.78, 5) is 0. The predicted octanol–water partition coefficient (Wildman–Crippen LogP) is 6.94. The number of ether oxygens (including phenoxy) is 1. The molecule has 0 radical (unpaired) electrons. The molecular weight excluding hydrogens is 370 g/mol. The van der Waals surface area contributed by atoms with Gasteiger partial charge in [0.15, 0.2) is 0 Å². The van der Waals surface area contributed by atoms with Crippen molar-refractivity contribution in [3.8, 4) is 0 Å². The van der Waals surface area contributed by atoms with E-state index in [1.54, 1.807) is 13.8 Å². The van der Waals surface area contributed by atoms with Crippen molar-refractivity contribution < 1.29 is 31.1 Å². The molecule has 1 aliphatic heterocycles. The number of halogens is 6. The first-order valence-corrected chi connectivity index (χ1v) is 8.23. The average molecular weight is 390 g/mol. The molecule has 0 atom stereocenters. The van der Waals surface area contributed by atoms with E-state index in [1.807, 2.05) is 0 Å². The fourth-order valence-corrected chi connectivity index (χ4v) is 3.28. The molecule has 0 spiro atoms. The minimum absolute atomic E-state index is 0.436. The SMILES string of the molecule is C=C/C=C1/OC2=C(/C=C\C(C)(C)C/C=C/2)C(C(F)(F)F)(C(F)(F)F)/C1=C/C. The van der Waals surface area contributed by atoms with E-state index in [-0.39, 0.29) is 0 Å². The molecule has 0 aromatic heterocycles. The van der Waals surface area contributed by atoms with Gasteiger partial charge in [-0.1, -0.05) is 50.8 Å². The molecule has 1 heterocycles. The van der Waals surface area contributed by atoms with Gasteiger partial charge in [-0.2, -0.15) is 26.3 Å². The van der Waals surface area contributed by atoms with Crippen LogP contribution in [-0.2, 0) is 4.74 Å². The molecule has 1 aliphatic carbocycles. The summed E-state index contributed by atoms with van der Waals surface area (Å²) in [6.45, 7) is 7.94. The highest BCUT2D eigenvalue weighted by molar-refractivity contribution is 5.55. The quantitative estimate of drug-likeness (QED) is 0.441. The third kappa shape index (κ3) is 3.39. The lowest BCUT2D eigenvalue weighted by Crippen LogP contribution is -2.54. The van der Waals surface area contributed by atoms with Crippen LogP contribution in [0.4, 0.5) is 26.3 Å². The maximum absolute atomic E-state index is 14.2. The van der Waals surface area contributed by atoms with Crippen molar-refractivity contribution in [3.63, 3.8) is 0 Å². The Labute approximate surface area is 154 Å². The number of allylic oxidation sites excluding steroid dienone is 9. The first-order chi connectivity index (χ1) is 12.3. The summed E-state index contributed by atoms with van der Waals surface area (Å²) in [5, 5.41) is 0. The summed E-state index contributed by atoms with van der Waals surface area (Å²) in [6, 6.07) is 0. The van der Waals surface area contributed by atoms with E-state index < -0.39 is 45.8 Å². The Hall–Kier alpha value is -2.18. The molecule has 0 saturated heterocycles. The molecule has 27 heavy (non-hydrogen) atoms. The van der Waals surface area contributed by atoms with Gasteiger partial charge in [-0.3, -0.25) is 0 Å². The second-order valence-electron chi connectivity index (χ2n) is 7.02. The Bertz CT molecular complexity index is 755. The van der Waals surface area contributed by atoms with Gasteiger partial charge in [0.1, 0.15) is 11.5 Å². The van der Waals surface area contributed by atoms with Crippen molar-refractivity contribution in [3.05, 3.63) is 71.8 Å². The zero-order valence-electron chi connectivity index (χ0n) is 15.1. The van der Waals surface area contributed by atoms with E-state index in [0.29, 0.717) is 6.42 Å². The summed E-state index contributed by atoms with van der Waals surface area (Å²) in [6.07, 6.45) is -3.01. The molecule has 2 aliphatic rings. The van der Waals surface area contributed by atoms with E-state index in [4.69, 9.17) is 4.74 Å². The third-order valence-electron chi connectivity index (χ3n) is 4.58. The standard InChI is InChI=1S/C20H20F6O/c1-5-8-15-13(6-2)18(19(21,22)23,20(24,25)26)14-10-12-17(3,4)11-7-9-16(14)27-15/h5-10,12H,1,11H2,2-4H3/b9-7+,12-10-,13-6+,15-8+. The summed E-state index contributed by atoms with van der Waals surface area (Å²) in [5.74, 6) is -1.01. The highest BCUT2D eigenvalue weighted by atomic mass is 19.4. The summed E-state index contributed by atoms with van der Waals surface area (Å²) < 4.78 is 90.5. The van der Waals surface area contributed by atoms with Gasteiger partial charge in [0.05, 0.1) is 0 Å². The zero-order chi connectivity index (χ0) is 20.7. The smallest absolute Gasteiger partial charge is 0.411 e. The monoisotopic (exact) mass is 390 g/mol. The Kier molecular flexibility index (Phi) is 5.29. The highest BCUT2D eigenvalue weighted by Gasteiger charge is 2.76. The van der Waals surface area contributed by atoms with Gasteiger partial charge in [0.25, 0.3) is 0 Å². The van der Waals surface area contributed by atoms with Crippen molar-refractivity contribution in [2.24, 2.45) is 10.8 Å². The van der Waals surface area contributed by atoms with Crippen molar-refractivity contribution in [2.45, 2.75) is 39.5 Å². The molecular formula is C20H20F6O. The number of alkyl halides is 6. The molecule has 7 heteroatoms. The molecule has 0 aromatic carbocycles. The Morgan fingerprint density at radius 2 is 1.67 bits per heavy atom. The molecule has 0 fully saturated rings. The molecule has 2 rings (SSSR count). The molecule has 0 saturated carbocycles. The van der Waals surface area contributed by atoms with E-state index in [2.05, 4.69) is 6.58 Å². The number of rotatable bonds is 1. The second-order valence-corrected chi connectivity index (χ2v) is 7.02. The Morgan fingerprint density at radius 1 is 1.07 bits per heavy atom. The van der Waals surface area contributed by atoms with Crippen molar-refractivity contribution in [1.29, 1.82) is 0 Å². The van der Waals surface area contributed by atoms with Crippen LogP contribution in [-0.4, -0.2) is 12.4 Å². The van der Waals surface area contributed by atoms with Gasteiger partial charge >= 0.3 is 12.4 Å². The molecule has 0 aromatic rings.